The minimum Gasteiger partial charge on any atom is -0.508 e. The van der Waals surface area contributed by atoms with Crippen LogP contribution in [0.15, 0.2) is 24.3 Å². The van der Waals surface area contributed by atoms with E-state index >= 15 is 0 Å². The lowest BCUT2D eigenvalue weighted by atomic mass is 9.80. The third kappa shape index (κ3) is 3.45. The van der Waals surface area contributed by atoms with Gasteiger partial charge in [0.05, 0.1) is 6.10 Å². The maximum absolute atomic E-state index is 10.1. The maximum atomic E-state index is 10.1. The molecule has 1 aliphatic rings. The molecule has 1 atom stereocenters. The summed E-state index contributed by atoms with van der Waals surface area (Å²) in [6, 6.07) is 7.17. The number of phenolic OH excluding ortho intramolecular Hbond substituents is 1. The number of rotatable bonds is 5. The number of phenols is 1. The molecule has 4 heteroatoms. The van der Waals surface area contributed by atoms with Crippen LogP contribution >= 0.6 is 0 Å². The zero-order chi connectivity index (χ0) is 13.1. The second-order valence-electron chi connectivity index (χ2n) is 5.43. The number of hydrogen-bond acceptors (Lipinski definition) is 4. The number of aromatic hydroxyl groups is 1. The molecule has 0 amide bonds. The maximum Gasteiger partial charge on any atom is 0.115 e. The molecule has 0 aliphatic heterocycles. The van der Waals surface area contributed by atoms with Crippen molar-refractivity contribution in [2.45, 2.75) is 25.0 Å². The third-order valence-corrected chi connectivity index (χ3v) is 3.58. The highest BCUT2D eigenvalue weighted by atomic mass is 16.3. The van der Waals surface area contributed by atoms with Gasteiger partial charge in [-0.05, 0) is 43.5 Å². The summed E-state index contributed by atoms with van der Waals surface area (Å²) in [5.41, 5.74) is 6.51. The van der Waals surface area contributed by atoms with E-state index in [9.17, 15) is 10.2 Å². The monoisotopic (exact) mass is 250 g/mol. The van der Waals surface area contributed by atoms with E-state index in [-0.39, 0.29) is 5.75 Å². The SMILES string of the molecule is CN(CC1CC(N)C1)C[C@H](O)c1cccc(O)c1. The highest BCUT2D eigenvalue weighted by molar-refractivity contribution is 5.28. The smallest absolute Gasteiger partial charge is 0.115 e. The van der Waals surface area contributed by atoms with Gasteiger partial charge in [0.2, 0.25) is 0 Å². The third-order valence-electron chi connectivity index (χ3n) is 3.58. The molecule has 18 heavy (non-hydrogen) atoms. The second-order valence-corrected chi connectivity index (χ2v) is 5.43. The molecule has 0 spiro atoms. The molecule has 4 nitrogen and oxygen atoms in total. The number of aliphatic hydroxyl groups excluding tert-OH is 1. The first-order valence-electron chi connectivity index (χ1n) is 6.45. The van der Waals surface area contributed by atoms with Gasteiger partial charge in [0.15, 0.2) is 0 Å². The van der Waals surface area contributed by atoms with E-state index in [2.05, 4.69) is 4.90 Å². The second kappa shape index (κ2) is 5.69. The van der Waals surface area contributed by atoms with Crippen molar-refractivity contribution in [3.8, 4) is 5.75 Å². The first kappa shape index (κ1) is 13.3. The van der Waals surface area contributed by atoms with Crippen LogP contribution in [0.5, 0.6) is 5.75 Å². The Morgan fingerprint density at radius 2 is 2.17 bits per heavy atom. The number of likely N-dealkylation sites (N-methyl/N-ethyl adjacent to an activating group) is 1. The standard InChI is InChI=1S/C14H22N2O2/c1-16(8-10-5-12(15)6-10)9-14(18)11-3-2-4-13(17)7-11/h2-4,7,10,12,14,17-18H,5-6,8-9,15H2,1H3/t10?,12?,14-/m0/s1. The zero-order valence-electron chi connectivity index (χ0n) is 10.8. The molecule has 0 saturated heterocycles. The number of nitrogens with zero attached hydrogens (tertiary/aromatic N) is 1. The van der Waals surface area contributed by atoms with E-state index in [4.69, 9.17) is 5.73 Å². The summed E-state index contributed by atoms with van der Waals surface area (Å²) >= 11 is 0. The van der Waals surface area contributed by atoms with Crippen LogP contribution < -0.4 is 5.73 Å². The Morgan fingerprint density at radius 1 is 1.44 bits per heavy atom. The van der Waals surface area contributed by atoms with Crippen molar-refractivity contribution < 1.29 is 10.2 Å². The van der Waals surface area contributed by atoms with Gasteiger partial charge in [-0.1, -0.05) is 12.1 Å². The van der Waals surface area contributed by atoms with Crippen LogP contribution in [0.3, 0.4) is 0 Å². The van der Waals surface area contributed by atoms with E-state index in [0.717, 1.165) is 24.9 Å². The van der Waals surface area contributed by atoms with Crippen LogP contribution in [0, 0.1) is 5.92 Å². The van der Waals surface area contributed by atoms with E-state index in [1.54, 1.807) is 18.2 Å². The summed E-state index contributed by atoms with van der Waals surface area (Å²) < 4.78 is 0. The lowest BCUT2D eigenvalue weighted by Crippen LogP contribution is -2.42. The molecule has 1 aromatic rings. The molecule has 1 aromatic carbocycles. The van der Waals surface area contributed by atoms with Crippen molar-refractivity contribution in [3.05, 3.63) is 29.8 Å². The van der Waals surface area contributed by atoms with Crippen molar-refractivity contribution in [3.63, 3.8) is 0 Å². The van der Waals surface area contributed by atoms with Crippen LogP contribution in [-0.4, -0.2) is 41.3 Å². The lowest BCUT2D eigenvalue weighted by molar-refractivity contribution is 0.102. The molecule has 0 aromatic heterocycles. The first-order chi connectivity index (χ1) is 8.54. The molecule has 0 bridgehead atoms. The first-order valence-corrected chi connectivity index (χ1v) is 6.45. The molecule has 1 fully saturated rings. The quantitative estimate of drug-likeness (QED) is 0.732. The fraction of sp³-hybridized carbons (Fsp3) is 0.571. The Hall–Kier alpha value is -1.10. The van der Waals surface area contributed by atoms with Gasteiger partial charge in [-0.25, -0.2) is 0 Å². The van der Waals surface area contributed by atoms with Gasteiger partial charge < -0.3 is 20.8 Å². The highest BCUT2D eigenvalue weighted by Gasteiger charge is 2.27. The van der Waals surface area contributed by atoms with Crippen molar-refractivity contribution in [1.29, 1.82) is 0 Å². The van der Waals surface area contributed by atoms with E-state index in [0.29, 0.717) is 18.5 Å². The van der Waals surface area contributed by atoms with Crippen LogP contribution in [-0.2, 0) is 0 Å². The Kier molecular flexibility index (Phi) is 4.22. The molecule has 1 saturated carbocycles. The molecule has 0 heterocycles. The number of benzene rings is 1. The predicted molar refractivity (Wildman–Crippen MR) is 71.3 cm³/mol. The number of hydrogen-bond donors (Lipinski definition) is 3. The van der Waals surface area contributed by atoms with E-state index in [1.165, 1.54) is 0 Å². The summed E-state index contributed by atoms with van der Waals surface area (Å²) in [5, 5.41) is 19.5. The minimum absolute atomic E-state index is 0.194. The molecule has 100 valence electrons. The number of aliphatic hydroxyl groups is 1. The van der Waals surface area contributed by atoms with Gasteiger partial charge in [-0.2, -0.15) is 0 Å². The summed E-state index contributed by atoms with van der Waals surface area (Å²) in [7, 11) is 2.01. The van der Waals surface area contributed by atoms with Crippen LogP contribution in [0.1, 0.15) is 24.5 Å². The van der Waals surface area contributed by atoms with Crippen LogP contribution in [0.4, 0.5) is 0 Å². The summed E-state index contributed by atoms with van der Waals surface area (Å²) in [6.45, 7) is 1.55. The van der Waals surface area contributed by atoms with Crippen molar-refractivity contribution in [1.82, 2.24) is 4.90 Å². The van der Waals surface area contributed by atoms with Crippen LogP contribution in [0.25, 0.3) is 0 Å². The van der Waals surface area contributed by atoms with Crippen LogP contribution in [0.2, 0.25) is 0 Å². The molecule has 1 aliphatic carbocycles. The minimum atomic E-state index is -0.559. The van der Waals surface area contributed by atoms with Crippen molar-refractivity contribution in [2.24, 2.45) is 11.7 Å². The Bertz CT molecular complexity index is 391. The van der Waals surface area contributed by atoms with Gasteiger partial charge in [-0.15, -0.1) is 0 Å². The molecular formula is C14H22N2O2. The summed E-state index contributed by atoms with van der Waals surface area (Å²) in [6.07, 6.45) is 1.62. The molecule has 0 unspecified atom stereocenters. The molecule has 0 radical (unpaired) electrons. The topological polar surface area (TPSA) is 69.7 Å². The van der Waals surface area contributed by atoms with Gasteiger partial charge in [-0.3, -0.25) is 0 Å². The summed E-state index contributed by atoms with van der Waals surface area (Å²) in [4.78, 5) is 2.13. The average Bonchev–Trinajstić information content (AvgIpc) is 2.26. The lowest BCUT2D eigenvalue weighted by Gasteiger charge is -2.35. The fourth-order valence-corrected chi connectivity index (χ4v) is 2.58. The number of nitrogens with two attached hydrogens (primary N) is 1. The van der Waals surface area contributed by atoms with Crippen molar-refractivity contribution in [2.75, 3.05) is 20.1 Å². The fourth-order valence-electron chi connectivity index (χ4n) is 2.58. The zero-order valence-corrected chi connectivity index (χ0v) is 10.8. The van der Waals surface area contributed by atoms with E-state index in [1.807, 2.05) is 13.1 Å². The van der Waals surface area contributed by atoms with Gasteiger partial charge in [0.25, 0.3) is 0 Å². The van der Waals surface area contributed by atoms with Gasteiger partial charge in [0.1, 0.15) is 5.75 Å². The van der Waals surface area contributed by atoms with Crippen molar-refractivity contribution >= 4 is 0 Å². The predicted octanol–water partition coefficient (Wildman–Crippen LogP) is 1.09. The van der Waals surface area contributed by atoms with Gasteiger partial charge >= 0.3 is 0 Å². The Balaban J connectivity index is 1.81. The van der Waals surface area contributed by atoms with Gasteiger partial charge in [0, 0.05) is 19.1 Å². The molecule has 2 rings (SSSR count). The molecular weight excluding hydrogens is 228 g/mol. The summed E-state index contributed by atoms with van der Waals surface area (Å²) in [5.74, 6) is 0.862. The Morgan fingerprint density at radius 3 is 2.78 bits per heavy atom. The normalized spacial score (nSPS) is 24.9. The molecule has 4 N–H and O–H groups in total. The Labute approximate surface area is 108 Å². The largest absolute Gasteiger partial charge is 0.508 e. The highest BCUT2D eigenvalue weighted by Crippen LogP contribution is 2.26. The average molecular weight is 250 g/mol. The van der Waals surface area contributed by atoms with E-state index < -0.39 is 6.10 Å².